The summed E-state index contributed by atoms with van der Waals surface area (Å²) in [5, 5.41) is -5.21. The molecule has 9 heteroatoms. The average Bonchev–Trinajstić information content (AvgIpc) is 2.21. The van der Waals surface area contributed by atoms with E-state index in [1.54, 1.807) is 0 Å². The number of esters is 1. The molecule has 0 bridgehead atoms. The molecule has 0 aromatic rings. The van der Waals surface area contributed by atoms with Crippen LogP contribution in [0.1, 0.15) is 0 Å². The number of alkyl halides is 2. The maximum absolute atomic E-state index is 12.5. The highest BCUT2D eigenvalue weighted by Crippen LogP contribution is 2.24. The summed E-state index contributed by atoms with van der Waals surface area (Å²) in [7, 11) is -5.04. The van der Waals surface area contributed by atoms with Crippen LogP contribution >= 0.6 is 0 Å². The first-order valence-electron chi connectivity index (χ1n) is 4.01. The lowest BCUT2D eigenvalue weighted by molar-refractivity contribution is -0.159. The summed E-state index contributed by atoms with van der Waals surface area (Å²) < 4.78 is 65.1. The van der Waals surface area contributed by atoms with Crippen molar-refractivity contribution >= 4 is 16.2 Å². The smallest absolute Gasteiger partial charge is 0.470 e. The fraction of sp³-hybridized carbons (Fsp3) is 0.375. The first-order valence-corrected chi connectivity index (χ1v) is 5.40. The Bertz CT molecular complexity index is 426. The molecule has 0 rings (SSSR count). The van der Waals surface area contributed by atoms with Crippen molar-refractivity contribution in [2.45, 2.75) is 5.25 Å². The van der Waals surface area contributed by atoms with E-state index >= 15 is 0 Å². The largest absolute Gasteiger partial charge is 0.497 e. The number of allylic oxidation sites excluding steroid dienone is 1. The van der Waals surface area contributed by atoms with Crippen LogP contribution in [0.25, 0.3) is 0 Å². The highest BCUT2D eigenvalue weighted by atomic mass is 32.3. The molecule has 0 N–H and O–H groups in total. The van der Waals surface area contributed by atoms with Crippen LogP contribution in [-0.2, 0) is 24.5 Å². The van der Waals surface area contributed by atoms with Gasteiger partial charge in [0.1, 0.15) is 12.4 Å². The van der Waals surface area contributed by atoms with Gasteiger partial charge in [-0.2, -0.15) is 17.2 Å². The second-order valence-electron chi connectivity index (χ2n) is 2.63. The lowest BCUT2D eigenvalue weighted by atomic mass is 10.4. The van der Waals surface area contributed by atoms with Crippen LogP contribution in [0.2, 0.25) is 0 Å². The molecule has 98 valence electrons. The molecule has 0 spiro atoms. The molecule has 0 aromatic heterocycles. The van der Waals surface area contributed by atoms with Gasteiger partial charge in [-0.1, -0.05) is 10.5 Å². The molecule has 5 nitrogen and oxygen atoms in total. The number of halogens is 3. The average molecular weight is 274 g/mol. The molecule has 0 saturated carbocycles. The molecule has 0 aromatic carbocycles. The van der Waals surface area contributed by atoms with Crippen molar-refractivity contribution in [1.82, 2.24) is 0 Å². The van der Waals surface area contributed by atoms with Crippen LogP contribution in [0.5, 0.6) is 0 Å². The Balaban J connectivity index is 4.40. The van der Waals surface area contributed by atoms with E-state index in [1.165, 1.54) is 13.2 Å². The highest BCUT2D eigenvalue weighted by molar-refractivity contribution is 7.88. The minimum Gasteiger partial charge on any atom is -0.497 e. The van der Waals surface area contributed by atoms with E-state index in [0.717, 1.165) is 6.08 Å². The molecular formula is C8H9F3O5S. The lowest BCUT2D eigenvalue weighted by Crippen LogP contribution is -2.36. The number of methoxy groups -OCH3 is 1. The summed E-state index contributed by atoms with van der Waals surface area (Å²) in [4.78, 5) is 10.5. The van der Waals surface area contributed by atoms with Crippen molar-refractivity contribution in [3.8, 4) is 0 Å². The number of carbonyl (C=O) groups excluding carboxylic acids is 1. The standard InChI is InChI=1S/C8H9F3O5S/c1-6(15-2)4-3-5-16-7(12)8(9,10)17(11,13)14/h3-4H,1,5H2,2H3. The predicted octanol–water partition coefficient (Wildman–Crippen LogP) is 1.14. The van der Waals surface area contributed by atoms with Crippen molar-refractivity contribution in [3.63, 3.8) is 0 Å². The Labute approximate surface area is 95.7 Å². The van der Waals surface area contributed by atoms with Crippen LogP contribution in [0.3, 0.4) is 0 Å². The number of ether oxygens (including phenoxy) is 2. The van der Waals surface area contributed by atoms with Gasteiger partial charge < -0.3 is 9.47 Å². The highest BCUT2D eigenvalue weighted by Gasteiger charge is 2.55. The van der Waals surface area contributed by atoms with E-state index in [9.17, 15) is 25.9 Å². The van der Waals surface area contributed by atoms with Gasteiger partial charge in [0.2, 0.25) is 0 Å². The molecule has 17 heavy (non-hydrogen) atoms. The molecule has 0 fully saturated rings. The Hall–Kier alpha value is -1.51. The van der Waals surface area contributed by atoms with Crippen LogP contribution < -0.4 is 0 Å². The number of carbonyl (C=O) groups is 1. The minimum atomic E-state index is -6.33. The van der Waals surface area contributed by atoms with Crippen LogP contribution in [0.15, 0.2) is 24.5 Å². The molecule has 0 aliphatic carbocycles. The molecule has 0 amide bonds. The zero-order valence-electron chi connectivity index (χ0n) is 8.65. The molecule has 0 aliphatic rings. The van der Waals surface area contributed by atoms with Gasteiger partial charge >= 0.3 is 21.4 Å². The summed E-state index contributed by atoms with van der Waals surface area (Å²) in [5.41, 5.74) is 0. The van der Waals surface area contributed by atoms with E-state index in [4.69, 9.17) is 0 Å². The quantitative estimate of drug-likeness (QED) is 0.314. The SMILES string of the molecule is C=C(C=CCOC(=O)C(F)(F)S(=O)(=O)F)OC. The zero-order valence-corrected chi connectivity index (χ0v) is 9.47. The van der Waals surface area contributed by atoms with Gasteiger partial charge in [0.05, 0.1) is 7.11 Å². The summed E-state index contributed by atoms with van der Waals surface area (Å²) in [6, 6.07) is 0. The normalized spacial score (nSPS) is 12.5. The third-order valence-corrected chi connectivity index (χ3v) is 2.20. The van der Waals surface area contributed by atoms with E-state index in [1.807, 2.05) is 0 Å². The molecule has 0 radical (unpaired) electrons. The molecule has 0 heterocycles. The Morgan fingerprint density at radius 1 is 1.47 bits per heavy atom. The van der Waals surface area contributed by atoms with Crippen molar-refractivity contribution in [1.29, 1.82) is 0 Å². The third kappa shape index (κ3) is 4.47. The maximum Gasteiger partial charge on any atom is 0.470 e. The topological polar surface area (TPSA) is 69.7 Å². The van der Waals surface area contributed by atoms with Crippen LogP contribution in [-0.4, -0.2) is 33.4 Å². The van der Waals surface area contributed by atoms with Gasteiger partial charge in [-0.25, -0.2) is 4.79 Å². The molecule has 0 unspecified atom stereocenters. The van der Waals surface area contributed by atoms with Gasteiger partial charge in [0.25, 0.3) is 0 Å². The molecule has 0 atom stereocenters. The van der Waals surface area contributed by atoms with E-state index < -0.39 is 28.1 Å². The first-order chi connectivity index (χ1) is 7.63. The first kappa shape index (κ1) is 15.5. The Kier molecular flexibility index (Phi) is 5.20. The van der Waals surface area contributed by atoms with Gasteiger partial charge in [-0.15, -0.1) is 0 Å². The third-order valence-electron chi connectivity index (χ3n) is 1.42. The van der Waals surface area contributed by atoms with Gasteiger partial charge in [-0.05, 0) is 12.2 Å². The summed E-state index contributed by atoms with van der Waals surface area (Å²) in [6.07, 6.45) is 2.25. The van der Waals surface area contributed by atoms with Crippen molar-refractivity contribution in [2.24, 2.45) is 0 Å². The van der Waals surface area contributed by atoms with Gasteiger partial charge in [-0.3, -0.25) is 0 Å². The van der Waals surface area contributed by atoms with E-state index in [2.05, 4.69) is 16.1 Å². The Morgan fingerprint density at radius 3 is 2.41 bits per heavy atom. The van der Waals surface area contributed by atoms with Gasteiger partial charge in [0.15, 0.2) is 0 Å². The van der Waals surface area contributed by atoms with Crippen LogP contribution in [0, 0.1) is 0 Å². The maximum atomic E-state index is 12.5. The minimum absolute atomic E-state index is 0.158. The van der Waals surface area contributed by atoms with Crippen molar-refractivity contribution in [2.75, 3.05) is 13.7 Å². The number of hydrogen-bond donors (Lipinski definition) is 0. The summed E-state index contributed by atoms with van der Waals surface area (Å²) >= 11 is 0. The number of hydrogen-bond acceptors (Lipinski definition) is 5. The summed E-state index contributed by atoms with van der Waals surface area (Å²) in [5.74, 6) is -2.33. The van der Waals surface area contributed by atoms with Crippen molar-refractivity contribution in [3.05, 3.63) is 24.5 Å². The molecule has 0 saturated heterocycles. The molecular weight excluding hydrogens is 265 g/mol. The lowest BCUT2D eigenvalue weighted by Gasteiger charge is -2.09. The zero-order chi connectivity index (χ0) is 13.7. The monoisotopic (exact) mass is 274 g/mol. The number of rotatable bonds is 6. The van der Waals surface area contributed by atoms with Gasteiger partial charge in [0, 0.05) is 0 Å². The second-order valence-corrected chi connectivity index (χ2v) is 4.01. The van der Waals surface area contributed by atoms with E-state index in [0.29, 0.717) is 0 Å². The second kappa shape index (κ2) is 5.71. The van der Waals surface area contributed by atoms with E-state index in [-0.39, 0.29) is 5.76 Å². The fourth-order valence-electron chi connectivity index (χ4n) is 0.555. The fourth-order valence-corrected chi connectivity index (χ4v) is 0.813. The molecule has 0 aliphatic heterocycles. The summed E-state index contributed by atoms with van der Waals surface area (Å²) in [6.45, 7) is 2.65. The van der Waals surface area contributed by atoms with Crippen molar-refractivity contribution < 1.29 is 35.4 Å². The predicted molar refractivity (Wildman–Crippen MR) is 51.2 cm³/mol. The van der Waals surface area contributed by atoms with Crippen LogP contribution in [0.4, 0.5) is 12.7 Å². The Morgan fingerprint density at radius 2 is 2.00 bits per heavy atom.